The second kappa shape index (κ2) is 17.1. The van der Waals surface area contributed by atoms with Crippen molar-refractivity contribution >= 4 is 49.4 Å². The molecule has 9 aromatic carbocycles. The van der Waals surface area contributed by atoms with Gasteiger partial charge in [-0.25, -0.2) is 19.9 Å². The van der Waals surface area contributed by atoms with Crippen LogP contribution in [0.25, 0.3) is 123 Å². The summed E-state index contributed by atoms with van der Waals surface area (Å²) in [6, 6.07) is 74.7. The summed E-state index contributed by atoms with van der Waals surface area (Å²) in [5.74, 6) is 1.57. The van der Waals surface area contributed by atoms with E-state index in [1.54, 1.807) is 6.08 Å². The number of allylic oxidation sites excluding steroid dienone is 2. The summed E-state index contributed by atoms with van der Waals surface area (Å²) < 4.78 is 2.26. The zero-order valence-electron chi connectivity index (χ0n) is 37.4. The Kier molecular flexibility index (Phi) is 10.1. The average Bonchev–Trinajstić information content (AvgIpc) is 3.81. The highest BCUT2D eigenvalue weighted by Crippen LogP contribution is 2.40. The zero-order valence-corrected chi connectivity index (χ0v) is 37.4. The Morgan fingerprint density at radius 2 is 0.985 bits per heavy atom. The number of fused-ring (bicyclic) bond motifs is 5. The molecule has 0 radical (unpaired) electrons. The summed E-state index contributed by atoms with van der Waals surface area (Å²) in [5, 5.41) is 6.85. The molecular weight excluding hydrogens is 827 g/mol. The molecule has 0 unspecified atom stereocenters. The second-order valence-corrected chi connectivity index (χ2v) is 17.1. The lowest BCUT2D eigenvalue weighted by Crippen LogP contribution is -1.98. The first-order valence-corrected chi connectivity index (χ1v) is 22.9. The summed E-state index contributed by atoms with van der Waals surface area (Å²) in [6.45, 7) is 6.08. The number of para-hydroxylation sites is 1. The standard InChI is InChI=1S/C63H43N5/c1-3-4-23-55-41(2)54-36-37-58-61(67-63(48-17-7-5-8-18-48)68(58)53-21-9-6-10-22-53)59(54)60(64-55)47-32-26-45(27-33-47)44-24-30-46(31-25-44)56-40-57(51-34-28-42-15-11-13-19-49(42)38-51)66-62(65-56)52-35-29-43-16-12-14-20-50(43)39-52/h3-40H,1H2,2H3/b23-4-. The summed E-state index contributed by atoms with van der Waals surface area (Å²) >= 11 is 0. The van der Waals surface area contributed by atoms with Gasteiger partial charge in [0.15, 0.2) is 5.82 Å². The van der Waals surface area contributed by atoms with Crippen LogP contribution < -0.4 is 0 Å². The maximum atomic E-state index is 5.45. The van der Waals surface area contributed by atoms with E-state index in [0.29, 0.717) is 5.82 Å². The Hall–Kier alpha value is -9.06. The molecule has 0 atom stereocenters. The predicted molar refractivity (Wildman–Crippen MR) is 284 cm³/mol. The van der Waals surface area contributed by atoms with Crippen molar-refractivity contribution in [2.24, 2.45) is 0 Å². The highest BCUT2D eigenvalue weighted by atomic mass is 15.1. The molecule has 5 nitrogen and oxygen atoms in total. The fraction of sp³-hybridized carbons (Fsp3) is 0.0159. The summed E-state index contributed by atoms with van der Waals surface area (Å²) in [4.78, 5) is 21.2. The van der Waals surface area contributed by atoms with E-state index in [9.17, 15) is 0 Å². The Morgan fingerprint density at radius 1 is 0.441 bits per heavy atom. The number of aromatic nitrogens is 5. The molecular formula is C63H43N5. The quantitative estimate of drug-likeness (QED) is 0.136. The van der Waals surface area contributed by atoms with Crippen molar-refractivity contribution in [1.82, 2.24) is 24.5 Å². The highest BCUT2D eigenvalue weighted by molar-refractivity contribution is 6.13. The minimum atomic E-state index is 0.692. The van der Waals surface area contributed by atoms with Crippen molar-refractivity contribution in [1.29, 1.82) is 0 Å². The molecule has 0 aliphatic rings. The van der Waals surface area contributed by atoms with E-state index in [1.165, 1.54) is 16.2 Å². The summed E-state index contributed by atoms with van der Waals surface area (Å²) in [6.07, 6.45) is 5.78. The Balaban J connectivity index is 0.945. The van der Waals surface area contributed by atoms with Gasteiger partial charge in [-0.05, 0) is 93.0 Å². The monoisotopic (exact) mass is 869 g/mol. The minimum absolute atomic E-state index is 0.692. The van der Waals surface area contributed by atoms with E-state index in [0.717, 1.165) is 106 Å². The smallest absolute Gasteiger partial charge is 0.160 e. The molecule has 0 spiro atoms. The third-order valence-corrected chi connectivity index (χ3v) is 13.0. The number of hydrogen-bond donors (Lipinski definition) is 0. The van der Waals surface area contributed by atoms with Crippen molar-refractivity contribution in [3.05, 3.63) is 242 Å². The van der Waals surface area contributed by atoms with Crippen LogP contribution in [-0.2, 0) is 0 Å². The molecule has 3 heterocycles. The molecule has 0 fully saturated rings. The van der Waals surface area contributed by atoms with Crippen LogP contribution in [0.4, 0.5) is 0 Å². The fourth-order valence-electron chi connectivity index (χ4n) is 9.45. The lowest BCUT2D eigenvalue weighted by molar-refractivity contribution is 1.10. The summed E-state index contributed by atoms with van der Waals surface area (Å²) in [5.41, 5.74) is 14.9. The SMILES string of the molecule is C=C/C=C\c1nc(-c2ccc(-c3ccc(-c4cc(-c5ccc6ccccc6c5)nc(-c5ccc6ccccc6c5)n4)cc3)cc2)c2c(ccc3c2nc(-c2ccccc2)n3-c2ccccc2)c1C. The average molecular weight is 870 g/mol. The van der Waals surface area contributed by atoms with Crippen molar-refractivity contribution < 1.29 is 0 Å². The van der Waals surface area contributed by atoms with Crippen molar-refractivity contribution in [3.63, 3.8) is 0 Å². The van der Waals surface area contributed by atoms with Crippen LogP contribution >= 0.6 is 0 Å². The molecule has 0 saturated carbocycles. The van der Waals surface area contributed by atoms with Gasteiger partial charge in [0, 0.05) is 38.9 Å². The van der Waals surface area contributed by atoms with Gasteiger partial charge in [-0.2, -0.15) is 0 Å². The van der Waals surface area contributed by atoms with Gasteiger partial charge < -0.3 is 0 Å². The minimum Gasteiger partial charge on any atom is -0.292 e. The van der Waals surface area contributed by atoms with Crippen LogP contribution in [0.1, 0.15) is 11.3 Å². The third-order valence-electron chi connectivity index (χ3n) is 13.0. The normalized spacial score (nSPS) is 11.6. The van der Waals surface area contributed by atoms with Crippen LogP contribution in [-0.4, -0.2) is 24.5 Å². The Labute approximate surface area is 394 Å². The maximum Gasteiger partial charge on any atom is 0.160 e. The van der Waals surface area contributed by atoms with E-state index < -0.39 is 0 Å². The van der Waals surface area contributed by atoms with Crippen LogP contribution in [0.2, 0.25) is 0 Å². The number of nitrogens with zero attached hydrogens (tertiary/aromatic N) is 5. The first-order chi connectivity index (χ1) is 33.6. The number of pyridine rings is 1. The van der Waals surface area contributed by atoms with Crippen molar-refractivity contribution in [3.8, 4) is 73.4 Å². The van der Waals surface area contributed by atoms with Gasteiger partial charge in [0.1, 0.15) is 5.82 Å². The van der Waals surface area contributed by atoms with E-state index in [2.05, 4.69) is 218 Å². The molecule has 320 valence electrons. The molecule has 0 saturated heterocycles. The number of benzene rings is 9. The fourth-order valence-corrected chi connectivity index (χ4v) is 9.45. The zero-order chi connectivity index (χ0) is 45.6. The van der Waals surface area contributed by atoms with Gasteiger partial charge >= 0.3 is 0 Å². The van der Waals surface area contributed by atoms with Gasteiger partial charge in [0.2, 0.25) is 0 Å². The van der Waals surface area contributed by atoms with Crippen molar-refractivity contribution in [2.45, 2.75) is 6.92 Å². The van der Waals surface area contributed by atoms with Crippen molar-refractivity contribution in [2.75, 3.05) is 0 Å². The number of aryl methyl sites for hydroxylation is 1. The molecule has 0 aliphatic heterocycles. The predicted octanol–water partition coefficient (Wildman–Crippen LogP) is 16.2. The first-order valence-electron chi connectivity index (χ1n) is 22.9. The third kappa shape index (κ3) is 7.33. The van der Waals surface area contributed by atoms with Crippen LogP contribution in [0, 0.1) is 6.92 Å². The van der Waals surface area contributed by atoms with E-state index in [-0.39, 0.29) is 0 Å². The Bertz CT molecular complexity index is 3810. The first kappa shape index (κ1) is 40.4. The van der Waals surface area contributed by atoms with E-state index in [1.807, 2.05) is 24.3 Å². The van der Waals surface area contributed by atoms with Gasteiger partial charge in [-0.1, -0.05) is 195 Å². The molecule has 0 aliphatic carbocycles. The molecule has 12 aromatic rings. The number of hydrogen-bond acceptors (Lipinski definition) is 4. The van der Waals surface area contributed by atoms with Gasteiger partial charge in [-0.3, -0.25) is 4.57 Å². The number of imidazole rings is 1. The topological polar surface area (TPSA) is 56.5 Å². The molecule has 5 heteroatoms. The van der Waals surface area contributed by atoms with Crippen LogP contribution in [0.3, 0.4) is 0 Å². The summed E-state index contributed by atoms with van der Waals surface area (Å²) in [7, 11) is 0. The van der Waals surface area contributed by atoms with Gasteiger partial charge in [0.05, 0.1) is 33.8 Å². The maximum absolute atomic E-state index is 5.45. The highest BCUT2D eigenvalue weighted by Gasteiger charge is 2.21. The molecule has 0 amide bonds. The molecule has 12 rings (SSSR count). The van der Waals surface area contributed by atoms with E-state index >= 15 is 0 Å². The lowest BCUT2D eigenvalue weighted by Gasteiger charge is -2.14. The molecule has 0 N–H and O–H groups in total. The van der Waals surface area contributed by atoms with Gasteiger partial charge in [0.25, 0.3) is 0 Å². The van der Waals surface area contributed by atoms with Gasteiger partial charge in [-0.15, -0.1) is 0 Å². The van der Waals surface area contributed by atoms with Crippen LogP contribution in [0.5, 0.6) is 0 Å². The van der Waals surface area contributed by atoms with Crippen LogP contribution in [0.15, 0.2) is 231 Å². The van der Waals surface area contributed by atoms with E-state index in [4.69, 9.17) is 19.9 Å². The Morgan fingerprint density at radius 3 is 1.65 bits per heavy atom. The number of rotatable bonds is 9. The molecule has 3 aromatic heterocycles. The lowest BCUT2D eigenvalue weighted by atomic mass is 9.96. The molecule has 68 heavy (non-hydrogen) atoms. The second-order valence-electron chi connectivity index (χ2n) is 17.1. The molecule has 0 bridgehead atoms. The largest absolute Gasteiger partial charge is 0.292 e.